The zero-order valence-electron chi connectivity index (χ0n) is 11.8. The Morgan fingerprint density at radius 2 is 2.00 bits per heavy atom. The fraction of sp³-hybridized carbons (Fsp3) is 0.929. The Bertz CT molecular complexity index is 245. The molecule has 17 heavy (non-hydrogen) atoms. The zero-order valence-corrected chi connectivity index (χ0v) is 11.8. The minimum atomic E-state index is 0.155. The Hall–Kier alpha value is -0.570. The normalized spacial score (nSPS) is 31.0. The van der Waals surface area contributed by atoms with Gasteiger partial charge in [0.15, 0.2) is 0 Å². The molecule has 0 bridgehead atoms. The second-order valence-electron chi connectivity index (χ2n) is 5.65. The lowest BCUT2D eigenvalue weighted by atomic mass is 9.79. The topological polar surface area (TPSA) is 46.3 Å². The Balaban J connectivity index is 2.66. The van der Waals surface area contributed by atoms with E-state index in [1.807, 2.05) is 4.90 Å². The van der Waals surface area contributed by atoms with Gasteiger partial charge in [0, 0.05) is 24.5 Å². The summed E-state index contributed by atoms with van der Waals surface area (Å²) in [6.07, 6.45) is 3.97. The first kappa shape index (κ1) is 14.5. The second kappa shape index (κ2) is 6.39. The summed E-state index contributed by atoms with van der Waals surface area (Å²) < 4.78 is 0. The van der Waals surface area contributed by atoms with Gasteiger partial charge in [0.2, 0.25) is 5.91 Å². The van der Waals surface area contributed by atoms with Crippen LogP contribution in [0.3, 0.4) is 0 Å². The monoisotopic (exact) mass is 240 g/mol. The van der Waals surface area contributed by atoms with Gasteiger partial charge in [0.1, 0.15) is 0 Å². The molecule has 0 saturated heterocycles. The van der Waals surface area contributed by atoms with Gasteiger partial charge in [-0.3, -0.25) is 4.79 Å². The third kappa shape index (κ3) is 3.70. The van der Waals surface area contributed by atoms with E-state index in [4.69, 9.17) is 5.73 Å². The van der Waals surface area contributed by atoms with Crippen molar-refractivity contribution in [1.82, 2.24) is 4.90 Å². The lowest BCUT2D eigenvalue weighted by Gasteiger charge is -2.36. The number of nitrogens with two attached hydrogens (primary N) is 1. The van der Waals surface area contributed by atoms with Crippen LogP contribution in [0.25, 0.3) is 0 Å². The van der Waals surface area contributed by atoms with E-state index in [-0.39, 0.29) is 12.0 Å². The first-order chi connectivity index (χ1) is 7.99. The number of hydrogen-bond acceptors (Lipinski definition) is 2. The van der Waals surface area contributed by atoms with Crippen LogP contribution in [0.15, 0.2) is 0 Å². The fourth-order valence-corrected chi connectivity index (χ4v) is 3.00. The van der Waals surface area contributed by atoms with Crippen molar-refractivity contribution in [1.29, 1.82) is 0 Å². The van der Waals surface area contributed by atoms with E-state index in [9.17, 15) is 4.79 Å². The van der Waals surface area contributed by atoms with E-state index in [2.05, 4.69) is 27.7 Å². The maximum atomic E-state index is 12.5. The predicted octanol–water partition coefficient (Wildman–Crippen LogP) is 2.40. The Morgan fingerprint density at radius 1 is 1.35 bits per heavy atom. The van der Waals surface area contributed by atoms with E-state index >= 15 is 0 Å². The molecule has 0 aromatic heterocycles. The highest BCUT2D eigenvalue weighted by molar-refractivity contribution is 5.79. The van der Waals surface area contributed by atoms with Crippen molar-refractivity contribution >= 4 is 5.91 Å². The van der Waals surface area contributed by atoms with Gasteiger partial charge in [-0.1, -0.05) is 13.8 Å². The van der Waals surface area contributed by atoms with Crippen LogP contribution in [-0.4, -0.2) is 29.4 Å². The van der Waals surface area contributed by atoms with E-state index in [0.717, 1.165) is 32.2 Å². The van der Waals surface area contributed by atoms with Gasteiger partial charge in [0.05, 0.1) is 0 Å². The summed E-state index contributed by atoms with van der Waals surface area (Å²) in [6.45, 7) is 9.35. The van der Waals surface area contributed by atoms with Crippen LogP contribution < -0.4 is 5.73 Å². The summed E-state index contributed by atoms with van der Waals surface area (Å²) in [7, 11) is 0. The first-order valence-electron chi connectivity index (χ1n) is 7.05. The number of amides is 1. The quantitative estimate of drug-likeness (QED) is 0.820. The molecule has 1 amide bonds. The fourth-order valence-electron chi connectivity index (χ4n) is 3.00. The van der Waals surface area contributed by atoms with Crippen molar-refractivity contribution in [3.63, 3.8) is 0 Å². The Kier molecular flexibility index (Phi) is 5.44. The number of nitrogens with zero attached hydrogens (tertiary/aromatic N) is 1. The van der Waals surface area contributed by atoms with Gasteiger partial charge < -0.3 is 10.6 Å². The molecule has 3 heteroatoms. The molecular formula is C14H28N2O. The standard InChI is InChI=1S/C14H28N2O/c1-5-11(4)16(6-2)14(17)12-7-10(3)8-13(15)9-12/h10-13H,5-9,15H2,1-4H3. The third-order valence-corrected chi connectivity index (χ3v) is 4.08. The van der Waals surface area contributed by atoms with E-state index in [1.54, 1.807) is 0 Å². The van der Waals surface area contributed by atoms with Gasteiger partial charge in [-0.2, -0.15) is 0 Å². The van der Waals surface area contributed by atoms with Crippen LogP contribution in [0.5, 0.6) is 0 Å². The first-order valence-corrected chi connectivity index (χ1v) is 7.05. The van der Waals surface area contributed by atoms with Crippen LogP contribution in [-0.2, 0) is 4.79 Å². The van der Waals surface area contributed by atoms with Crippen LogP contribution >= 0.6 is 0 Å². The molecule has 0 aliphatic heterocycles. The van der Waals surface area contributed by atoms with Crippen molar-refractivity contribution in [3.05, 3.63) is 0 Å². The van der Waals surface area contributed by atoms with Gasteiger partial charge >= 0.3 is 0 Å². The van der Waals surface area contributed by atoms with Gasteiger partial charge in [-0.15, -0.1) is 0 Å². The highest BCUT2D eigenvalue weighted by atomic mass is 16.2. The molecule has 3 nitrogen and oxygen atoms in total. The Morgan fingerprint density at radius 3 is 2.47 bits per heavy atom. The number of carbonyl (C=O) groups excluding carboxylic acids is 1. The average molecular weight is 240 g/mol. The molecule has 1 fully saturated rings. The number of hydrogen-bond donors (Lipinski definition) is 1. The van der Waals surface area contributed by atoms with Gasteiger partial charge in [-0.25, -0.2) is 0 Å². The van der Waals surface area contributed by atoms with Crippen LogP contribution in [0.1, 0.15) is 53.4 Å². The minimum absolute atomic E-state index is 0.155. The largest absolute Gasteiger partial charge is 0.340 e. The third-order valence-electron chi connectivity index (χ3n) is 4.08. The van der Waals surface area contributed by atoms with Gasteiger partial charge in [0.25, 0.3) is 0 Å². The van der Waals surface area contributed by atoms with Crippen LogP contribution in [0.4, 0.5) is 0 Å². The summed E-state index contributed by atoms with van der Waals surface area (Å²) in [5.74, 6) is 1.06. The molecule has 2 N–H and O–H groups in total. The molecule has 1 saturated carbocycles. The molecule has 1 rings (SSSR count). The molecule has 0 heterocycles. The lowest BCUT2D eigenvalue weighted by molar-refractivity contribution is -0.139. The van der Waals surface area contributed by atoms with E-state index in [0.29, 0.717) is 17.9 Å². The van der Waals surface area contributed by atoms with Crippen molar-refractivity contribution in [2.24, 2.45) is 17.6 Å². The molecule has 4 unspecified atom stereocenters. The van der Waals surface area contributed by atoms with Crippen molar-refractivity contribution in [2.75, 3.05) is 6.54 Å². The molecular weight excluding hydrogens is 212 g/mol. The molecule has 0 radical (unpaired) electrons. The Labute approximate surface area is 106 Å². The number of carbonyl (C=O) groups is 1. The highest BCUT2D eigenvalue weighted by Crippen LogP contribution is 2.30. The summed E-state index contributed by atoms with van der Waals surface area (Å²) >= 11 is 0. The smallest absolute Gasteiger partial charge is 0.225 e. The van der Waals surface area contributed by atoms with Crippen molar-refractivity contribution < 1.29 is 4.79 Å². The summed E-state index contributed by atoms with van der Waals surface area (Å²) in [6, 6.07) is 0.560. The zero-order chi connectivity index (χ0) is 13.0. The number of rotatable bonds is 4. The van der Waals surface area contributed by atoms with Crippen molar-refractivity contribution in [3.8, 4) is 0 Å². The molecule has 100 valence electrons. The van der Waals surface area contributed by atoms with E-state index < -0.39 is 0 Å². The predicted molar refractivity (Wildman–Crippen MR) is 71.6 cm³/mol. The van der Waals surface area contributed by atoms with E-state index in [1.165, 1.54) is 0 Å². The minimum Gasteiger partial charge on any atom is -0.340 e. The summed E-state index contributed by atoms with van der Waals surface area (Å²) in [5, 5.41) is 0. The molecule has 4 atom stereocenters. The average Bonchev–Trinajstić information content (AvgIpc) is 2.28. The van der Waals surface area contributed by atoms with Crippen LogP contribution in [0.2, 0.25) is 0 Å². The summed E-state index contributed by atoms with van der Waals surface area (Å²) in [5.41, 5.74) is 6.03. The second-order valence-corrected chi connectivity index (χ2v) is 5.65. The maximum Gasteiger partial charge on any atom is 0.225 e. The lowest BCUT2D eigenvalue weighted by Crippen LogP contribution is -2.45. The SMILES string of the molecule is CCC(C)N(CC)C(=O)C1CC(C)CC(N)C1. The van der Waals surface area contributed by atoms with Gasteiger partial charge in [-0.05, 0) is 45.4 Å². The molecule has 1 aliphatic rings. The summed E-state index contributed by atoms with van der Waals surface area (Å²) in [4.78, 5) is 14.5. The van der Waals surface area contributed by atoms with Crippen LogP contribution in [0, 0.1) is 11.8 Å². The molecule has 0 aromatic carbocycles. The highest BCUT2D eigenvalue weighted by Gasteiger charge is 2.32. The van der Waals surface area contributed by atoms with Crippen molar-refractivity contribution in [2.45, 2.75) is 65.5 Å². The molecule has 0 spiro atoms. The molecule has 0 aromatic rings. The maximum absolute atomic E-state index is 12.5. The molecule has 1 aliphatic carbocycles.